The number of aryl methyl sites for hydroxylation is 1. The molecule has 0 aliphatic carbocycles. The Bertz CT molecular complexity index is 527. The Kier molecular flexibility index (Phi) is 7.78. The highest BCUT2D eigenvalue weighted by Gasteiger charge is 2.18. The van der Waals surface area contributed by atoms with Crippen molar-refractivity contribution in [2.24, 2.45) is 0 Å². The lowest BCUT2D eigenvalue weighted by atomic mass is 10.3. The fraction of sp³-hybridized carbons (Fsp3) is 0.692. The number of nitrogens with one attached hydrogen (secondary N) is 2. The molecule has 1 aromatic heterocycles. The third-order valence-electron chi connectivity index (χ3n) is 2.82. The molecule has 0 bridgehead atoms. The van der Waals surface area contributed by atoms with E-state index in [1.807, 2.05) is 33.0 Å². The second-order valence-electron chi connectivity index (χ2n) is 5.02. The van der Waals surface area contributed by atoms with Crippen LogP contribution in [0.1, 0.15) is 10.4 Å². The number of likely N-dealkylation sites (N-methyl/N-ethyl adjacent to an activating group) is 1. The van der Waals surface area contributed by atoms with Gasteiger partial charge in [-0.15, -0.1) is 11.3 Å². The molecule has 1 aromatic rings. The molecule has 2 N–H and O–H groups in total. The fourth-order valence-corrected chi connectivity index (χ4v) is 4.28. The van der Waals surface area contributed by atoms with Crippen molar-refractivity contribution in [1.82, 2.24) is 14.9 Å². The smallest absolute Gasteiger partial charge is 0.250 e. The summed E-state index contributed by atoms with van der Waals surface area (Å²) < 4.78 is 32.6. The maximum atomic E-state index is 12.2. The van der Waals surface area contributed by atoms with Gasteiger partial charge < -0.3 is 15.0 Å². The number of nitrogens with zero attached hydrogens (tertiary/aromatic N) is 1. The Morgan fingerprint density at radius 2 is 2.05 bits per heavy atom. The van der Waals surface area contributed by atoms with Gasteiger partial charge in [-0.05, 0) is 39.7 Å². The van der Waals surface area contributed by atoms with E-state index in [-0.39, 0.29) is 6.54 Å². The van der Waals surface area contributed by atoms with E-state index in [9.17, 15) is 8.42 Å². The predicted molar refractivity (Wildman–Crippen MR) is 86.4 cm³/mol. The molecule has 0 aliphatic heterocycles. The summed E-state index contributed by atoms with van der Waals surface area (Å²) in [6.07, 6.45) is 0. The maximum Gasteiger partial charge on any atom is 0.250 e. The molecular formula is C13H25N3O3S2. The number of sulfonamides is 1. The van der Waals surface area contributed by atoms with Crippen molar-refractivity contribution < 1.29 is 13.2 Å². The average molecular weight is 335 g/mol. The van der Waals surface area contributed by atoms with E-state index >= 15 is 0 Å². The van der Waals surface area contributed by atoms with Crippen molar-refractivity contribution in [3.05, 3.63) is 16.5 Å². The number of hydrogen-bond donors (Lipinski definition) is 2. The van der Waals surface area contributed by atoms with Gasteiger partial charge in [0.05, 0.1) is 13.2 Å². The molecule has 6 nitrogen and oxygen atoms in total. The third kappa shape index (κ3) is 6.41. The average Bonchev–Trinajstić information content (AvgIpc) is 2.76. The Hall–Kier alpha value is -0.510. The first-order valence-electron chi connectivity index (χ1n) is 6.83. The first kappa shape index (κ1) is 18.5. The van der Waals surface area contributed by atoms with Crippen LogP contribution in [-0.2, 0) is 21.3 Å². The molecular weight excluding hydrogens is 310 g/mol. The Morgan fingerprint density at radius 3 is 2.67 bits per heavy atom. The molecule has 0 amide bonds. The largest absolute Gasteiger partial charge is 0.379 e. The molecule has 0 saturated carbocycles. The van der Waals surface area contributed by atoms with E-state index in [2.05, 4.69) is 10.0 Å². The SMILES string of the molecule is CNCc1sc(S(=O)(=O)NCCOCCN(C)C)cc1C. The van der Waals surface area contributed by atoms with E-state index in [4.69, 9.17) is 4.74 Å². The van der Waals surface area contributed by atoms with Crippen LogP contribution in [-0.4, -0.2) is 60.8 Å². The highest BCUT2D eigenvalue weighted by Crippen LogP contribution is 2.25. The lowest BCUT2D eigenvalue weighted by Gasteiger charge is -2.10. The zero-order chi connectivity index (χ0) is 15.9. The van der Waals surface area contributed by atoms with Gasteiger partial charge in [0.2, 0.25) is 10.0 Å². The molecule has 0 aromatic carbocycles. The minimum absolute atomic E-state index is 0.286. The van der Waals surface area contributed by atoms with Crippen LogP contribution >= 0.6 is 11.3 Å². The first-order chi connectivity index (χ1) is 9.86. The molecule has 1 heterocycles. The highest BCUT2D eigenvalue weighted by atomic mass is 32.2. The monoisotopic (exact) mass is 335 g/mol. The van der Waals surface area contributed by atoms with Crippen molar-refractivity contribution in [3.63, 3.8) is 0 Å². The first-order valence-corrected chi connectivity index (χ1v) is 9.13. The Labute approximate surface area is 131 Å². The normalized spacial score (nSPS) is 12.2. The predicted octanol–water partition coefficient (Wildman–Crippen LogP) is 0.632. The molecule has 0 atom stereocenters. The number of ether oxygens (including phenoxy) is 1. The second kappa shape index (κ2) is 8.82. The van der Waals surface area contributed by atoms with Gasteiger partial charge in [0.25, 0.3) is 0 Å². The molecule has 0 spiro atoms. The van der Waals surface area contributed by atoms with Crippen LogP contribution in [0.2, 0.25) is 0 Å². The van der Waals surface area contributed by atoms with Crippen LogP contribution in [0, 0.1) is 6.92 Å². The van der Waals surface area contributed by atoms with Crippen LogP contribution in [0.5, 0.6) is 0 Å². The van der Waals surface area contributed by atoms with Crippen LogP contribution < -0.4 is 10.0 Å². The maximum absolute atomic E-state index is 12.2. The minimum atomic E-state index is -3.43. The van der Waals surface area contributed by atoms with Gasteiger partial charge in [0, 0.05) is 24.5 Å². The van der Waals surface area contributed by atoms with E-state index in [1.54, 1.807) is 6.07 Å². The van der Waals surface area contributed by atoms with E-state index in [0.29, 0.717) is 24.0 Å². The molecule has 0 aliphatic rings. The number of thiophene rings is 1. The topological polar surface area (TPSA) is 70.7 Å². The summed E-state index contributed by atoms with van der Waals surface area (Å²) in [5, 5.41) is 3.04. The summed E-state index contributed by atoms with van der Waals surface area (Å²) in [6.45, 7) is 4.69. The molecule has 0 saturated heterocycles. The number of rotatable bonds is 10. The van der Waals surface area contributed by atoms with Crippen molar-refractivity contribution in [2.75, 3.05) is 47.4 Å². The van der Waals surface area contributed by atoms with E-state index in [1.165, 1.54) is 11.3 Å². The fourth-order valence-electron chi connectivity index (χ4n) is 1.63. The van der Waals surface area contributed by atoms with Crippen LogP contribution in [0.4, 0.5) is 0 Å². The van der Waals surface area contributed by atoms with Gasteiger partial charge in [0.1, 0.15) is 4.21 Å². The molecule has 122 valence electrons. The second-order valence-corrected chi connectivity index (χ2v) is 8.15. The van der Waals surface area contributed by atoms with Crippen LogP contribution in [0.15, 0.2) is 10.3 Å². The lowest BCUT2D eigenvalue weighted by Crippen LogP contribution is -2.28. The third-order valence-corrected chi connectivity index (χ3v) is 5.99. The Balaban J connectivity index is 2.44. The van der Waals surface area contributed by atoms with E-state index in [0.717, 1.165) is 17.0 Å². The molecule has 0 unspecified atom stereocenters. The molecule has 21 heavy (non-hydrogen) atoms. The Morgan fingerprint density at radius 1 is 1.33 bits per heavy atom. The summed E-state index contributed by atoms with van der Waals surface area (Å²) in [5.41, 5.74) is 0.997. The van der Waals surface area contributed by atoms with Gasteiger partial charge in [0.15, 0.2) is 0 Å². The summed E-state index contributed by atoms with van der Waals surface area (Å²) >= 11 is 1.30. The van der Waals surface area contributed by atoms with Crippen LogP contribution in [0.3, 0.4) is 0 Å². The molecule has 1 rings (SSSR count). The van der Waals surface area contributed by atoms with Crippen molar-refractivity contribution in [3.8, 4) is 0 Å². The van der Waals surface area contributed by atoms with Gasteiger partial charge in [-0.3, -0.25) is 0 Å². The minimum Gasteiger partial charge on any atom is -0.379 e. The highest BCUT2D eigenvalue weighted by molar-refractivity contribution is 7.91. The molecule has 8 heteroatoms. The zero-order valence-corrected chi connectivity index (χ0v) is 14.7. The lowest BCUT2D eigenvalue weighted by molar-refractivity contribution is 0.122. The standard InChI is InChI=1S/C13H25N3O3S2/c1-11-9-13(20-12(11)10-14-2)21(17,18)15-5-7-19-8-6-16(3)4/h9,14-15H,5-8,10H2,1-4H3. The van der Waals surface area contributed by atoms with Gasteiger partial charge in [-0.2, -0.15) is 0 Å². The van der Waals surface area contributed by atoms with Crippen molar-refractivity contribution in [2.45, 2.75) is 17.7 Å². The van der Waals surface area contributed by atoms with Gasteiger partial charge in [-0.25, -0.2) is 13.1 Å². The number of hydrogen-bond acceptors (Lipinski definition) is 6. The molecule has 0 fully saturated rings. The summed E-state index contributed by atoms with van der Waals surface area (Å²) in [4.78, 5) is 3.06. The van der Waals surface area contributed by atoms with Crippen molar-refractivity contribution in [1.29, 1.82) is 0 Å². The summed E-state index contributed by atoms with van der Waals surface area (Å²) in [7, 11) is 2.34. The van der Waals surface area contributed by atoms with Gasteiger partial charge in [-0.1, -0.05) is 0 Å². The van der Waals surface area contributed by atoms with Crippen molar-refractivity contribution >= 4 is 21.4 Å². The van der Waals surface area contributed by atoms with Gasteiger partial charge >= 0.3 is 0 Å². The quantitative estimate of drug-likeness (QED) is 0.614. The molecule has 0 radical (unpaired) electrons. The summed E-state index contributed by atoms with van der Waals surface area (Å²) in [5.74, 6) is 0. The summed E-state index contributed by atoms with van der Waals surface area (Å²) in [6, 6.07) is 1.71. The van der Waals surface area contributed by atoms with Crippen LogP contribution in [0.25, 0.3) is 0 Å². The van der Waals surface area contributed by atoms with E-state index < -0.39 is 10.0 Å². The zero-order valence-electron chi connectivity index (χ0n) is 13.1.